The number of rotatable bonds is 19. The molecule has 0 aromatic heterocycles. The van der Waals surface area contributed by atoms with Crippen LogP contribution in [-0.4, -0.2) is 86.8 Å². The molecule has 4 atom stereocenters. The van der Waals surface area contributed by atoms with E-state index in [0.717, 1.165) is 44.3 Å². The predicted molar refractivity (Wildman–Crippen MR) is 181 cm³/mol. The maximum Gasteiger partial charge on any atom is 0.412 e. The Balaban J connectivity index is 1.34. The van der Waals surface area contributed by atoms with E-state index in [4.69, 9.17) is 28.4 Å². The Kier molecular flexibility index (Phi) is 15.3. The topological polar surface area (TPSA) is 105 Å². The molecule has 3 heterocycles. The molecule has 3 aliphatic rings. The number of nitrogens with zero attached hydrogens (tertiary/aromatic N) is 1. The lowest BCUT2D eigenvalue weighted by Gasteiger charge is -2.31. The van der Waals surface area contributed by atoms with Crippen LogP contribution in [0.2, 0.25) is 0 Å². The van der Waals surface area contributed by atoms with Crippen molar-refractivity contribution in [1.82, 2.24) is 4.90 Å². The summed E-state index contributed by atoms with van der Waals surface area (Å²) in [5, 5.41) is 2.83. The molecule has 1 amide bonds. The smallest absolute Gasteiger partial charge is 0.412 e. The summed E-state index contributed by atoms with van der Waals surface area (Å²) in [4.78, 5) is 27.3. The average molecular weight is 661 g/mol. The lowest BCUT2D eigenvalue weighted by atomic mass is 10.0. The normalized spacial score (nSPS) is 25.7. The highest BCUT2D eigenvalue weighted by atomic mass is 16.9. The number of hydrogen-bond donors (Lipinski definition) is 1. The molecule has 0 saturated carbocycles. The van der Waals surface area contributed by atoms with Crippen LogP contribution in [0.25, 0.3) is 0 Å². The number of amides is 1. The molecule has 3 saturated heterocycles. The maximum absolute atomic E-state index is 13.3. The second-order valence-corrected chi connectivity index (χ2v) is 13.9. The van der Waals surface area contributed by atoms with Crippen molar-refractivity contribution < 1.29 is 38.0 Å². The lowest BCUT2D eigenvalue weighted by Crippen LogP contribution is -2.46. The van der Waals surface area contributed by atoms with E-state index in [0.29, 0.717) is 18.8 Å². The van der Waals surface area contributed by atoms with Gasteiger partial charge in [-0.25, -0.2) is 4.79 Å². The van der Waals surface area contributed by atoms with E-state index < -0.39 is 36.0 Å². The Morgan fingerprint density at radius 1 is 0.894 bits per heavy atom. The van der Waals surface area contributed by atoms with Crippen LogP contribution in [0.3, 0.4) is 0 Å². The van der Waals surface area contributed by atoms with Gasteiger partial charge in [0.2, 0.25) is 5.79 Å². The van der Waals surface area contributed by atoms with Crippen molar-refractivity contribution in [2.75, 3.05) is 45.3 Å². The van der Waals surface area contributed by atoms with Crippen LogP contribution >= 0.6 is 0 Å². The van der Waals surface area contributed by atoms with Gasteiger partial charge in [0.15, 0.2) is 18.0 Å². The highest BCUT2D eigenvalue weighted by molar-refractivity contribution is 5.85. The molecule has 3 aliphatic heterocycles. The molecule has 0 bridgehead atoms. The van der Waals surface area contributed by atoms with Crippen molar-refractivity contribution in [3.8, 4) is 0 Å². The Labute approximate surface area is 282 Å². The molecule has 0 radical (unpaired) electrons. The van der Waals surface area contributed by atoms with Crippen molar-refractivity contribution in [1.29, 1.82) is 0 Å². The van der Waals surface area contributed by atoms with Gasteiger partial charge in [0, 0.05) is 18.8 Å². The number of carbonyl (C=O) groups excluding carboxylic acids is 2. The van der Waals surface area contributed by atoms with Gasteiger partial charge in [-0.15, -0.1) is 0 Å². The van der Waals surface area contributed by atoms with Crippen molar-refractivity contribution in [3.63, 3.8) is 0 Å². The number of fused-ring (bicyclic) bond motifs is 1. The quantitative estimate of drug-likeness (QED) is 0.120. The van der Waals surface area contributed by atoms with Crippen molar-refractivity contribution in [3.05, 3.63) is 29.8 Å². The SMILES string of the molecule is CCCCCCCCCCCCOC[C@@]12O[C@@H](CN3CCCCCC3)[C@@H](OC(=O)Nc3ccc(CC(=O)OC)cc3)[C@@H]1OC(C)(C)O2. The Hall–Kier alpha value is -2.24. The zero-order valence-corrected chi connectivity index (χ0v) is 29.4. The molecule has 47 heavy (non-hydrogen) atoms. The molecule has 266 valence electrons. The number of hydrogen-bond acceptors (Lipinski definition) is 9. The van der Waals surface area contributed by atoms with Crippen molar-refractivity contribution in [2.45, 2.75) is 147 Å². The van der Waals surface area contributed by atoms with Gasteiger partial charge in [-0.2, -0.15) is 0 Å². The van der Waals surface area contributed by atoms with Gasteiger partial charge in [0.05, 0.1) is 13.5 Å². The third-order valence-corrected chi connectivity index (χ3v) is 9.38. The molecule has 0 aliphatic carbocycles. The first-order valence-corrected chi connectivity index (χ1v) is 18.2. The molecule has 4 rings (SSSR count). The number of unbranched alkanes of at least 4 members (excludes halogenated alkanes) is 9. The van der Waals surface area contributed by atoms with E-state index in [9.17, 15) is 9.59 Å². The Bertz CT molecular complexity index is 1070. The van der Waals surface area contributed by atoms with Gasteiger partial charge in [0.25, 0.3) is 0 Å². The fourth-order valence-corrected chi connectivity index (χ4v) is 6.94. The Morgan fingerprint density at radius 2 is 1.53 bits per heavy atom. The molecule has 1 N–H and O–H groups in total. The van der Waals surface area contributed by atoms with Crippen LogP contribution in [0.5, 0.6) is 0 Å². The fraction of sp³-hybridized carbons (Fsp3) is 0.784. The molecule has 1 aromatic rings. The number of esters is 1. The van der Waals surface area contributed by atoms with Gasteiger partial charge in [-0.05, 0) is 63.9 Å². The first-order chi connectivity index (χ1) is 22.7. The summed E-state index contributed by atoms with van der Waals surface area (Å²) in [7, 11) is 1.36. The lowest BCUT2D eigenvalue weighted by molar-refractivity contribution is -0.279. The molecular formula is C37H60N2O8. The summed E-state index contributed by atoms with van der Waals surface area (Å²) < 4.78 is 36.7. The summed E-state index contributed by atoms with van der Waals surface area (Å²) in [6.45, 7) is 9.38. The van der Waals surface area contributed by atoms with Gasteiger partial charge < -0.3 is 33.3 Å². The summed E-state index contributed by atoms with van der Waals surface area (Å²) >= 11 is 0. The minimum atomic E-state index is -1.17. The zero-order valence-electron chi connectivity index (χ0n) is 29.4. The predicted octanol–water partition coefficient (Wildman–Crippen LogP) is 7.38. The van der Waals surface area contributed by atoms with E-state index in [1.165, 1.54) is 71.3 Å². The minimum absolute atomic E-state index is 0.164. The monoisotopic (exact) mass is 660 g/mol. The van der Waals surface area contributed by atoms with Crippen molar-refractivity contribution in [2.24, 2.45) is 0 Å². The van der Waals surface area contributed by atoms with E-state index >= 15 is 0 Å². The van der Waals surface area contributed by atoms with Gasteiger partial charge in [0.1, 0.15) is 12.7 Å². The van der Waals surface area contributed by atoms with Crippen LogP contribution < -0.4 is 5.32 Å². The van der Waals surface area contributed by atoms with Crippen LogP contribution in [-0.2, 0) is 39.6 Å². The summed E-state index contributed by atoms with van der Waals surface area (Å²) in [5.41, 5.74) is 1.35. The number of likely N-dealkylation sites (tertiary alicyclic amines) is 1. The number of ether oxygens (including phenoxy) is 6. The van der Waals surface area contributed by atoms with E-state index in [2.05, 4.69) is 17.1 Å². The third kappa shape index (κ3) is 12.0. The molecule has 3 fully saturated rings. The average Bonchev–Trinajstić information content (AvgIpc) is 3.28. The highest BCUT2D eigenvalue weighted by Crippen LogP contribution is 2.47. The molecular weight excluding hydrogens is 600 g/mol. The van der Waals surface area contributed by atoms with E-state index in [-0.39, 0.29) is 19.0 Å². The van der Waals surface area contributed by atoms with Gasteiger partial charge in [-0.1, -0.05) is 89.7 Å². The van der Waals surface area contributed by atoms with E-state index in [1.807, 2.05) is 13.8 Å². The minimum Gasteiger partial charge on any atom is -0.469 e. The number of nitrogens with one attached hydrogen (secondary N) is 1. The van der Waals surface area contributed by atoms with Gasteiger partial charge in [-0.3, -0.25) is 10.1 Å². The standard InChI is InChI=1S/C37H60N2O8/c1-5-6-7-8-9-10-11-12-15-18-25-43-28-37-34(46-36(2,3)47-37)33(31(45-37)27-39-23-16-13-14-17-24-39)44-35(41)38-30-21-19-29(20-22-30)26-32(40)42-4/h19-22,31,33-34H,5-18,23-28H2,1-4H3,(H,38,41)/t31-,33+,34-,37-/m0/s1. The summed E-state index contributed by atoms with van der Waals surface area (Å²) in [5.74, 6) is -2.41. The van der Waals surface area contributed by atoms with Crippen molar-refractivity contribution >= 4 is 17.7 Å². The zero-order chi connectivity index (χ0) is 33.5. The largest absolute Gasteiger partial charge is 0.469 e. The molecule has 10 nitrogen and oxygen atoms in total. The number of anilines is 1. The first-order valence-electron chi connectivity index (χ1n) is 18.2. The van der Waals surface area contributed by atoms with Crippen LogP contribution in [0.15, 0.2) is 24.3 Å². The number of carbonyl (C=O) groups is 2. The highest BCUT2D eigenvalue weighted by Gasteiger charge is 2.66. The number of benzene rings is 1. The first kappa shape index (κ1) is 37.6. The van der Waals surface area contributed by atoms with E-state index in [1.54, 1.807) is 24.3 Å². The van der Waals surface area contributed by atoms with Gasteiger partial charge >= 0.3 is 12.1 Å². The summed E-state index contributed by atoms with van der Waals surface area (Å²) in [6, 6.07) is 7.04. The number of methoxy groups -OCH3 is 1. The molecule has 10 heteroatoms. The second-order valence-electron chi connectivity index (χ2n) is 13.9. The maximum atomic E-state index is 13.3. The Morgan fingerprint density at radius 3 is 2.17 bits per heavy atom. The third-order valence-electron chi connectivity index (χ3n) is 9.38. The second kappa shape index (κ2) is 19.1. The van der Waals surface area contributed by atoms with Crippen LogP contribution in [0.1, 0.15) is 116 Å². The molecule has 1 aromatic carbocycles. The van der Waals surface area contributed by atoms with Crippen LogP contribution in [0, 0.1) is 0 Å². The van der Waals surface area contributed by atoms with Crippen LogP contribution in [0.4, 0.5) is 10.5 Å². The molecule has 0 spiro atoms. The fourth-order valence-electron chi connectivity index (χ4n) is 6.94. The summed E-state index contributed by atoms with van der Waals surface area (Å²) in [6.07, 6.45) is 15.2. The molecule has 0 unspecified atom stereocenters.